The highest BCUT2D eigenvalue weighted by Gasteiger charge is 2.50. The molecule has 1 unspecified atom stereocenters. The highest BCUT2D eigenvalue weighted by Crippen LogP contribution is 2.27. The zero-order valence-electron chi connectivity index (χ0n) is 12.3. The van der Waals surface area contributed by atoms with E-state index < -0.39 is 23.4 Å². The maximum atomic E-state index is 12.6. The van der Waals surface area contributed by atoms with E-state index in [0.717, 1.165) is 0 Å². The van der Waals surface area contributed by atoms with Crippen molar-refractivity contribution in [3.63, 3.8) is 0 Å². The van der Waals surface area contributed by atoms with Gasteiger partial charge in [-0.3, -0.25) is 20.0 Å². The zero-order chi connectivity index (χ0) is 16.4. The summed E-state index contributed by atoms with van der Waals surface area (Å²) in [5.74, 6) is -1.19. The summed E-state index contributed by atoms with van der Waals surface area (Å²) < 4.78 is 0. The van der Waals surface area contributed by atoms with Gasteiger partial charge in [0, 0.05) is 6.20 Å². The first kappa shape index (κ1) is 14.7. The number of amides is 4. The summed E-state index contributed by atoms with van der Waals surface area (Å²) in [6.07, 6.45) is 1.45. The summed E-state index contributed by atoms with van der Waals surface area (Å²) in [6, 6.07) is 12.9. The molecule has 1 atom stereocenters. The number of benzene rings is 1. The van der Waals surface area contributed by atoms with E-state index in [9.17, 15) is 14.4 Å². The van der Waals surface area contributed by atoms with Crippen LogP contribution < -0.4 is 10.7 Å². The Hall–Kier alpha value is -3.22. The van der Waals surface area contributed by atoms with Crippen molar-refractivity contribution >= 4 is 17.8 Å². The van der Waals surface area contributed by atoms with Crippen LogP contribution in [-0.4, -0.2) is 27.8 Å². The molecule has 0 spiro atoms. The minimum Gasteiger partial charge on any atom is -0.318 e. The second-order valence-corrected chi connectivity index (χ2v) is 5.22. The van der Waals surface area contributed by atoms with Gasteiger partial charge in [-0.15, -0.1) is 0 Å². The fourth-order valence-electron chi connectivity index (χ4n) is 2.36. The number of rotatable bonds is 3. The van der Waals surface area contributed by atoms with Crippen LogP contribution in [0.1, 0.15) is 23.0 Å². The van der Waals surface area contributed by atoms with Gasteiger partial charge in [-0.05, 0) is 24.6 Å². The molecule has 0 radical (unpaired) electrons. The molecular formula is C16H14N4O3. The molecule has 0 aliphatic carbocycles. The number of nitrogens with zero attached hydrogens (tertiary/aromatic N) is 2. The maximum absolute atomic E-state index is 12.6. The number of hydrazine groups is 1. The Kier molecular flexibility index (Phi) is 3.53. The van der Waals surface area contributed by atoms with E-state index in [1.165, 1.54) is 12.3 Å². The van der Waals surface area contributed by atoms with Crippen molar-refractivity contribution in [2.24, 2.45) is 0 Å². The number of aromatic nitrogens is 1. The van der Waals surface area contributed by atoms with Crippen LogP contribution >= 0.6 is 0 Å². The molecule has 1 aromatic carbocycles. The molecule has 1 fully saturated rings. The first-order valence-electron chi connectivity index (χ1n) is 6.96. The number of pyridine rings is 1. The molecule has 7 nitrogen and oxygen atoms in total. The van der Waals surface area contributed by atoms with Crippen molar-refractivity contribution in [2.75, 3.05) is 0 Å². The Labute approximate surface area is 132 Å². The normalized spacial score (nSPS) is 20.3. The van der Waals surface area contributed by atoms with Crippen molar-refractivity contribution < 1.29 is 14.4 Å². The summed E-state index contributed by atoms with van der Waals surface area (Å²) in [4.78, 5) is 40.7. The van der Waals surface area contributed by atoms with E-state index in [1.54, 1.807) is 43.3 Å². The number of hydrogen-bond acceptors (Lipinski definition) is 4. The Balaban J connectivity index is 1.84. The van der Waals surface area contributed by atoms with Gasteiger partial charge >= 0.3 is 6.03 Å². The standard InChI is InChI=1S/C16H14N4O3/c1-16(11-7-3-2-4-8-11)14(22)20(15(23)18-16)19-13(21)12-9-5-6-10-17-12/h2-10H,1H3,(H,18,23)(H,19,21). The van der Waals surface area contributed by atoms with Crippen LogP contribution in [0.25, 0.3) is 0 Å². The lowest BCUT2D eigenvalue weighted by Crippen LogP contribution is -2.48. The van der Waals surface area contributed by atoms with E-state index in [4.69, 9.17) is 0 Å². The Morgan fingerprint density at radius 3 is 2.48 bits per heavy atom. The molecule has 1 aromatic heterocycles. The average Bonchev–Trinajstić information content (AvgIpc) is 2.81. The molecule has 2 heterocycles. The fraction of sp³-hybridized carbons (Fsp3) is 0.125. The summed E-state index contributed by atoms with van der Waals surface area (Å²) in [7, 11) is 0. The van der Waals surface area contributed by atoms with Crippen LogP contribution in [-0.2, 0) is 10.3 Å². The summed E-state index contributed by atoms with van der Waals surface area (Å²) >= 11 is 0. The molecule has 1 aliphatic rings. The first-order valence-corrected chi connectivity index (χ1v) is 6.96. The number of carbonyl (C=O) groups excluding carboxylic acids is 3. The predicted octanol–water partition coefficient (Wildman–Crippen LogP) is 1.19. The molecule has 1 aliphatic heterocycles. The Morgan fingerprint density at radius 1 is 1.13 bits per heavy atom. The lowest BCUT2D eigenvalue weighted by Gasteiger charge is -2.22. The Morgan fingerprint density at radius 2 is 1.83 bits per heavy atom. The zero-order valence-corrected chi connectivity index (χ0v) is 12.3. The quantitative estimate of drug-likeness (QED) is 0.833. The monoisotopic (exact) mass is 310 g/mol. The number of carbonyl (C=O) groups is 3. The maximum Gasteiger partial charge on any atom is 0.344 e. The summed E-state index contributed by atoms with van der Waals surface area (Å²) in [6.45, 7) is 1.59. The highest BCUT2D eigenvalue weighted by molar-refractivity contribution is 6.09. The molecule has 116 valence electrons. The van der Waals surface area contributed by atoms with Crippen molar-refractivity contribution in [1.29, 1.82) is 0 Å². The van der Waals surface area contributed by atoms with Crippen LogP contribution in [0.5, 0.6) is 0 Å². The molecule has 7 heteroatoms. The van der Waals surface area contributed by atoms with Gasteiger partial charge in [0.15, 0.2) is 0 Å². The van der Waals surface area contributed by atoms with E-state index in [-0.39, 0.29) is 5.69 Å². The van der Waals surface area contributed by atoms with E-state index in [0.29, 0.717) is 10.6 Å². The van der Waals surface area contributed by atoms with Crippen LogP contribution in [0.15, 0.2) is 54.7 Å². The average molecular weight is 310 g/mol. The molecular weight excluding hydrogens is 296 g/mol. The number of hydrogen-bond donors (Lipinski definition) is 2. The van der Waals surface area contributed by atoms with E-state index in [1.807, 2.05) is 6.07 Å². The van der Waals surface area contributed by atoms with Gasteiger partial charge in [-0.1, -0.05) is 36.4 Å². The second-order valence-electron chi connectivity index (χ2n) is 5.22. The number of imide groups is 1. The third-order valence-corrected chi connectivity index (χ3v) is 3.65. The third kappa shape index (κ3) is 2.52. The lowest BCUT2D eigenvalue weighted by atomic mass is 9.92. The third-order valence-electron chi connectivity index (χ3n) is 3.65. The largest absolute Gasteiger partial charge is 0.344 e. The van der Waals surface area contributed by atoms with Gasteiger partial charge < -0.3 is 5.32 Å². The van der Waals surface area contributed by atoms with Crippen LogP contribution in [0.4, 0.5) is 4.79 Å². The minimum absolute atomic E-state index is 0.112. The van der Waals surface area contributed by atoms with Gasteiger partial charge in [0.05, 0.1) is 0 Å². The smallest absolute Gasteiger partial charge is 0.318 e. The predicted molar refractivity (Wildman–Crippen MR) is 80.9 cm³/mol. The summed E-state index contributed by atoms with van der Waals surface area (Å²) in [5, 5.41) is 3.29. The molecule has 0 bridgehead atoms. The molecule has 23 heavy (non-hydrogen) atoms. The topological polar surface area (TPSA) is 91.4 Å². The van der Waals surface area contributed by atoms with Crippen LogP contribution in [0.3, 0.4) is 0 Å². The van der Waals surface area contributed by atoms with Crippen molar-refractivity contribution in [3.05, 3.63) is 66.0 Å². The molecule has 2 N–H and O–H groups in total. The van der Waals surface area contributed by atoms with E-state index in [2.05, 4.69) is 15.7 Å². The SMILES string of the molecule is CC1(c2ccccc2)NC(=O)N(NC(=O)c2ccccn2)C1=O. The van der Waals surface area contributed by atoms with E-state index >= 15 is 0 Å². The van der Waals surface area contributed by atoms with Gasteiger partial charge in [0.1, 0.15) is 11.2 Å². The second kappa shape index (κ2) is 5.53. The fourth-order valence-corrected chi connectivity index (χ4v) is 2.36. The number of urea groups is 1. The number of nitrogens with one attached hydrogen (secondary N) is 2. The van der Waals surface area contributed by atoms with Crippen molar-refractivity contribution in [2.45, 2.75) is 12.5 Å². The highest BCUT2D eigenvalue weighted by atomic mass is 16.2. The molecule has 4 amide bonds. The van der Waals surface area contributed by atoms with Crippen LogP contribution in [0.2, 0.25) is 0 Å². The van der Waals surface area contributed by atoms with Crippen molar-refractivity contribution in [3.8, 4) is 0 Å². The molecule has 3 rings (SSSR count). The molecule has 0 saturated carbocycles. The van der Waals surface area contributed by atoms with Crippen LogP contribution in [0, 0.1) is 0 Å². The minimum atomic E-state index is -1.23. The first-order chi connectivity index (χ1) is 11.0. The van der Waals surface area contributed by atoms with Gasteiger partial charge in [0.2, 0.25) is 0 Å². The lowest BCUT2D eigenvalue weighted by molar-refractivity contribution is -0.132. The molecule has 1 saturated heterocycles. The Bertz CT molecular complexity index is 763. The summed E-state index contributed by atoms with van der Waals surface area (Å²) in [5.41, 5.74) is 1.81. The molecule has 2 aromatic rings. The van der Waals surface area contributed by atoms with Gasteiger partial charge in [-0.25, -0.2) is 4.79 Å². The van der Waals surface area contributed by atoms with Crippen molar-refractivity contribution in [1.82, 2.24) is 20.7 Å². The van der Waals surface area contributed by atoms with Gasteiger partial charge in [-0.2, -0.15) is 5.01 Å². The van der Waals surface area contributed by atoms with Gasteiger partial charge in [0.25, 0.3) is 11.8 Å².